The molecule has 0 fully saturated rings. The van der Waals surface area contributed by atoms with Crippen LogP contribution in [-0.2, 0) is 9.59 Å². The number of hydrazone groups is 2. The number of halogens is 2. The van der Waals surface area contributed by atoms with E-state index in [-0.39, 0.29) is 11.8 Å². The molecular formula is C22H24Cl2N4O2. The fourth-order valence-electron chi connectivity index (χ4n) is 2.54. The van der Waals surface area contributed by atoms with E-state index in [1.807, 2.05) is 36.4 Å². The van der Waals surface area contributed by atoms with Gasteiger partial charge in [-0.1, -0.05) is 72.4 Å². The van der Waals surface area contributed by atoms with Crippen molar-refractivity contribution in [2.75, 3.05) is 0 Å². The zero-order valence-corrected chi connectivity index (χ0v) is 18.0. The van der Waals surface area contributed by atoms with E-state index in [4.69, 9.17) is 23.2 Å². The molecule has 2 aromatic rings. The Balaban J connectivity index is 1.52. The lowest BCUT2D eigenvalue weighted by molar-refractivity contribution is -0.122. The maximum absolute atomic E-state index is 11.8. The van der Waals surface area contributed by atoms with Gasteiger partial charge < -0.3 is 0 Å². The van der Waals surface area contributed by atoms with Crippen LogP contribution in [0.3, 0.4) is 0 Å². The number of unbranched alkanes of at least 4 members (excludes halogenated alkanes) is 3. The van der Waals surface area contributed by atoms with Crippen LogP contribution in [0.4, 0.5) is 0 Å². The molecule has 0 unspecified atom stereocenters. The van der Waals surface area contributed by atoms with Gasteiger partial charge in [0.2, 0.25) is 11.8 Å². The molecule has 0 aliphatic carbocycles. The standard InChI is InChI=1S/C22H24Cl2N4O2/c23-19-11-7-5-9-17(19)15-25-27-21(29)13-3-1-2-4-14-22(30)28-26-16-18-10-6-8-12-20(18)24/h5-12,15-16H,1-4,13-14H2,(H,27,29)(H,28,30). The first-order chi connectivity index (χ1) is 14.6. The van der Waals surface area contributed by atoms with E-state index in [1.165, 1.54) is 12.4 Å². The van der Waals surface area contributed by atoms with E-state index in [9.17, 15) is 9.59 Å². The molecule has 0 saturated carbocycles. The average molecular weight is 447 g/mol. The molecule has 2 N–H and O–H groups in total. The fourth-order valence-corrected chi connectivity index (χ4v) is 2.91. The molecule has 0 spiro atoms. The van der Waals surface area contributed by atoms with Crippen LogP contribution in [0.15, 0.2) is 58.7 Å². The molecule has 0 aromatic heterocycles. The van der Waals surface area contributed by atoms with Crippen molar-refractivity contribution in [1.29, 1.82) is 0 Å². The molecule has 0 bridgehead atoms. The predicted octanol–water partition coefficient (Wildman–Crippen LogP) is 4.93. The fraction of sp³-hybridized carbons (Fsp3) is 0.273. The van der Waals surface area contributed by atoms with Gasteiger partial charge in [0.05, 0.1) is 12.4 Å². The van der Waals surface area contributed by atoms with Gasteiger partial charge in [-0.05, 0) is 25.0 Å². The molecule has 2 rings (SSSR count). The van der Waals surface area contributed by atoms with Crippen LogP contribution in [0.2, 0.25) is 10.0 Å². The zero-order valence-electron chi connectivity index (χ0n) is 16.5. The Kier molecular flexibility index (Phi) is 10.6. The predicted molar refractivity (Wildman–Crippen MR) is 122 cm³/mol. The Morgan fingerprint density at radius 3 is 1.50 bits per heavy atom. The monoisotopic (exact) mass is 446 g/mol. The van der Waals surface area contributed by atoms with Crippen LogP contribution in [0.5, 0.6) is 0 Å². The van der Waals surface area contributed by atoms with Crippen LogP contribution in [0.1, 0.15) is 49.7 Å². The Labute approximate surface area is 186 Å². The highest BCUT2D eigenvalue weighted by Crippen LogP contribution is 2.13. The zero-order chi connectivity index (χ0) is 21.6. The summed E-state index contributed by atoms with van der Waals surface area (Å²) >= 11 is 12.0. The number of benzene rings is 2. The van der Waals surface area contributed by atoms with E-state index in [1.54, 1.807) is 12.1 Å². The van der Waals surface area contributed by atoms with E-state index in [2.05, 4.69) is 21.1 Å². The Hall–Kier alpha value is -2.70. The molecule has 158 valence electrons. The molecule has 0 radical (unpaired) electrons. The first kappa shape index (κ1) is 23.6. The second kappa shape index (κ2) is 13.5. The molecule has 0 heterocycles. The molecule has 0 aliphatic heterocycles. The molecule has 0 atom stereocenters. The van der Waals surface area contributed by atoms with Crippen LogP contribution in [0, 0.1) is 0 Å². The minimum absolute atomic E-state index is 0.148. The van der Waals surface area contributed by atoms with Crippen LogP contribution < -0.4 is 10.9 Å². The second-order valence-corrected chi connectivity index (χ2v) is 7.36. The average Bonchev–Trinajstić information content (AvgIpc) is 2.73. The first-order valence-corrected chi connectivity index (χ1v) is 10.4. The summed E-state index contributed by atoms with van der Waals surface area (Å²) in [5.74, 6) is -0.296. The smallest absolute Gasteiger partial charge is 0.240 e. The van der Waals surface area contributed by atoms with E-state index >= 15 is 0 Å². The summed E-state index contributed by atoms with van der Waals surface area (Å²) in [5, 5.41) is 8.98. The van der Waals surface area contributed by atoms with Crippen molar-refractivity contribution in [1.82, 2.24) is 10.9 Å². The normalized spacial score (nSPS) is 11.1. The second-order valence-electron chi connectivity index (χ2n) is 6.54. The number of carbonyl (C=O) groups excluding carboxylic acids is 2. The minimum Gasteiger partial charge on any atom is -0.273 e. The number of rotatable bonds is 11. The third-order valence-electron chi connectivity index (χ3n) is 4.15. The number of hydrogen-bond acceptors (Lipinski definition) is 4. The summed E-state index contributed by atoms with van der Waals surface area (Å²) in [6.07, 6.45) is 7.00. The summed E-state index contributed by atoms with van der Waals surface area (Å²) in [6.45, 7) is 0. The molecule has 0 saturated heterocycles. The highest BCUT2D eigenvalue weighted by atomic mass is 35.5. The highest BCUT2D eigenvalue weighted by Gasteiger charge is 2.02. The van der Waals surface area contributed by atoms with Gasteiger partial charge in [-0.25, -0.2) is 10.9 Å². The maximum atomic E-state index is 11.8. The van der Waals surface area contributed by atoms with Crippen molar-refractivity contribution in [2.24, 2.45) is 10.2 Å². The van der Waals surface area contributed by atoms with Crippen molar-refractivity contribution < 1.29 is 9.59 Å². The Bertz CT molecular complexity index is 827. The molecule has 0 aliphatic rings. The number of amides is 2. The number of hydrogen-bond donors (Lipinski definition) is 2. The van der Waals surface area contributed by atoms with Crippen LogP contribution in [-0.4, -0.2) is 24.2 Å². The van der Waals surface area contributed by atoms with Crippen LogP contribution in [0.25, 0.3) is 0 Å². The van der Waals surface area contributed by atoms with Gasteiger partial charge in [0.1, 0.15) is 0 Å². The quantitative estimate of drug-likeness (QED) is 0.291. The van der Waals surface area contributed by atoms with Gasteiger partial charge in [0.25, 0.3) is 0 Å². The maximum Gasteiger partial charge on any atom is 0.240 e. The summed E-state index contributed by atoms with van der Waals surface area (Å²) in [6, 6.07) is 14.5. The highest BCUT2D eigenvalue weighted by molar-refractivity contribution is 6.33. The van der Waals surface area contributed by atoms with E-state index < -0.39 is 0 Å². The molecule has 2 amide bonds. The SMILES string of the molecule is O=C(CCCCCCC(=O)NN=Cc1ccccc1Cl)NN=Cc1ccccc1Cl. The van der Waals surface area contributed by atoms with Gasteiger partial charge in [-0.3, -0.25) is 9.59 Å². The summed E-state index contributed by atoms with van der Waals surface area (Å²) in [4.78, 5) is 23.5. The van der Waals surface area contributed by atoms with E-state index in [0.29, 0.717) is 22.9 Å². The number of carbonyl (C=O) groups is 2. The summed E-state index contributed by atoms with van der Waals surface area (Å²) in [7, 11) is 0. The van der Waals surface area contributed by atoms with E-state index in [0.717, 1.165) is 36.8 Å². The Morgan fingerprint density at radius 1 is 0.700 bits per heavy atom. The largest absolute Gasteiger partial charge is 0.273 e. The molecule has 2 aromatic carbocycles. The van der Waals surface area contributed by atoms with Crippen molar-refractivity contribution in [3.8, 4) is 0 Å². The van der Waals surface area contributed by atoms with Crippen LogP contribution >= 0.6 is 23.2 Å². The van der Waals surface area contributed by atoms with Crippen molar-refractivity contribution in [3.05, 3.63) is 69.7 Å². The number of nitrogens with zero attached hydrogens (tertiary/aromatic N) is 2. The van der Waals surface area contributed by atoms with Crippen molar-refractivity contribution in [3.63, 3.8) is 0 Å². The lowest BCUT2D eigenvalue weighted by Crippen LogP contribution is -2.17. The summed E-state index contributed by atoms with van der Waals surface area (Å²) in [5.41, 5.74) is 6.47. The first-order valence-electron chi connectivity index (χ1n) is 9.69. The van der Waals surface area contributed by atoms with Gasteiger partial charge in [-0.2, -0.15) is 10.2 Å². The minimum atomic E-state index is -0.148. The molecule has 8 heteroatoms. The van der Waals surface area contributed by atoms with Gasteiger partial charge in [0.15, 0.2) is 0 Å². The third kappa shape index (κ3) is 9.20. The third-order valence-corrected chi connectivity index (χ3v) is 4.84. The Morgan fingerprint density at radius 2 is 1.10 bits per heavy atom. The summed E-state index contributed by atoms with van der Waals surface area (Å²) < 4.78 is 0. The van der Waals surface area contributed by atoms with Crippen molar-refractivity contribution >= 4 is 47.4 Å². The lowest BCUT2D eigenvalue weighted by atomic mass is 10.1. The van der Waals surface area contributed by atoms with Gasteiger partial charge in [-0.15, -0.1) is 0 Å². The molecule has 30 heavy (non-hydrogen) atoms. The molecule has 6 nitrogen and oxygen atoms in total. The lowest BCUT2D eigenvalue weighted by Gasteiger charge is -2.02. The van der Waals surface area contributed by atoms with Crippen molar-refractivity contribution in [2.45, 2.75) is 38.5 Å². The number of nitrogens with one attached hydrogen (secondary N) is 2. The van der Waals surface area contributed by atoms with Gasteiger partial charge >= 0.3 is 0 Å². The van der Waals surface area contributed by atoms with Gasteiger partial charge in [0, 0.05) is 34.0 Å². The molecular weight excluding hydrogens is 423 g/mol. The topological polar surface area (TPSA) is 82.9 Å².